The van der Waals surface area contributed by atoms with Crippen LogP contribution in [0.15, 0.2) is 78.9 Å². The first-order chi connectivity index (χ1) is 16.6. The number of rotatable bonds is 5. The van der Waals surface area contributed by atoms with E-state index in [1.165, 1.54) is 0 Å². The molecule has 0 aromatic heterocycles. The fourth-order valence-electron chi connectivity index (χ4n) is 5.06. The molecule has 5 rings (SSSR count). The summed E-state index contributed by atoms with van der Waals surface area (Å²) in [7, 11) is 1.59. The third-order valence-corrected chi connectivity index (χ3v) is 6.78. The molecule has 0 saturated carbocycles. The number of carbonyl (C=O) groups excluding carboxylic acids is 2. The predicted octanol–water partition coefficient (Wildman–Crippen LogP) is 3.57. The van der Waals surface area contributed by atoms with Crippen LogP contribution in [0.1, 0.15) is 11.5 Å². The molecule has 0 unspecified atom stereocenters. The van der Waals surface area contributed by atoms with E-state index in [0.717, 1.165) is 16.7 Å². The Balaban J connectivity index is 1.32. The zero-order valence-corrected chi connectivity index (χ0v) is 18.9. The number of aliphatic hydroxyl groups is 1. The van der Waals surface area contributed by atoms with Crippen LogP contribution in [0.4, 0.5) is 10.5 Å². The van der Waals surface area contributed by atoms with Crippen LogP contribution in [0.3, 0.4) is 0 Å². The molecule has 7 heteroatoms. The number of nitrogens with zero attached hydrogens (tertiary/aromatic N) is 2. The first kappa shape index (κ1) is 22.0. The van der Waals surface area contributed by atoms with Gasteiger partial charge in [0.2, 0.25) is 5.91 Å². The van der Waals surface area contributed by atoms with Gasteiger partial charge in [0.15, 0.2) is 0 Å². The molecule has 2 fully saturated rings. The number of hydrogen-bond donors (Lipinski definition) is 2. The highest BCUT2D eigenvalue weighted by Crippen LogP contribution is 2.43. The summed E-state index contributed by atoms with van der Waals surface area (Å²) in [6.45, 7) is 0.301. The number of amides is 3. The number of piperazine rings is 1. The maximum absolute atomic E-state index is 12.9. The Bertz CT molecular complexity index is 1160. The van der Waals surface area contributed by atoms with E-state index >= 15 is 0 Å². The number of ether oxygens (including phenoxy) is 1. The van der Waals surface area contributed by atoms with Crippen molar-refractivity contribution in [2.45, 2.75) is 18.0 Å². The third kappa shape index (κ3) is 3.99. The average Bonchev–Trinajstić information content (AvgIpc) is 2.86. The molecule has 7 nitrogen and oxygen atoms in total. The number of urea groups is 1. The Morgan fingerprint density at radius 2 is 1.68 bits per heavy atom. The van der Waals surface area contributed by atoms with Gasteiger partial charge in [-0.15, -0.1) is 0 Å². The van der Waals surface area contributed by atoms with Crippen molar-refractivity contribution in [1.82, 2.24) is 9.80 Å². The third-order valence-electron chi connectivity index (χ3n) is 6.78. The minimum absolute atomic E-state index is 0.00530. The summed E-state index contributed by atoms with van der Waals surface area (Å²) in [6, 6.07) is 24.7. The molecule has 2 saturated heterocycles. The molecule has 174 valence electrons. The lowest BCUT2D eigenvalue weighted by Crippen LogP contribution is -2.73. The van der Waals surface area contributed by atoms with Gasteiger partial charge in [-0.2, -0.15) is 0 Å². The monoisotopic (exact) mass is 457 g/mol. The highest BCUT2D eigenvalue weighted by molar-refractivity contribution is 5.93. The zero-order chi connectivity index (χ0) is 23.7. The second-order valence-electron chi connectivity index (χ2n) is 8.67. The van der Waals surface area contributed by atoms with Gasteiger partial charge in [0.1, 0.15) is 12.3 Å². The van der Waals surface area contributed by atoms with E-state index in [2.05, 4.69) is 41.7 Å². The number of anilines is 1. The highest BCUT2D eigenvalue weighted by atomic mass is 16.5. The molecule has 0 radical (unpaired) electrons. The molecule has 2 N–H and O–H groups in total. The lowest BCUT2D eigenvalue weighted by Gasteiger charge is -2.58. The van der Waals surface area contributed by atoms with Crippen molar-refractivity contribution in [2.24, 2.45) is 0 Å². The van der Waals surface area contributed by atoms with Crippen molar-refractivity contribution in [3.63, 3.8) is 0 Å². The first-order valence-corrected chi connectivity index (χ1v) is 11.4. The molecule has 0 spiro atoms. The van der Waals surface area contributed by atoms with E-state index in [1.807, 2.05) is 18.2 Å². The topological polar surface area (TPSA) is 82.1 Å². The van der Waals surface area contributed by atoms with Gasteiger partial charge >= 0.3 is 6.03 Å². The number of carbonyl (C=O) groups is 2. The molecule has 3 atom stereocenters. The molecule has 2 heterocycles. The van der Waals surface area contributed by atoms with Crippen molar-refractivity contribution in [3.8, 4) is 16.9 Å². The molecule has 3 aromatic rings. The largest absolute Gasteiger partial charge is 0.497 e. The Kier molecular flexibility index (Phi) is 5.94. The Morgan fingerprint density at radius 1 is 1.00 bits per heavy atom. The highest BCUT2D eigenvalue weighted by Gasteiger charge is 2.54. The Morgan fingerprint density at radius 3 is 2.32 bits per heavy atom. The van der Waals surface area contributed by atoms with Gasteiger partial charge in [-0.1, -0.05) is 54.6 Å². The van der Waals surface area contributed by atoms with E-state index in [-0.39, 0.29) is 43.1 Å². The molecule has 3 aromatic carbocycles. The van der Waals surface area contributed by atoms with Crippen molar-refractivity contribution in [2.75, 3.05) is 32.1 Å². The van der Waals surface area contributed by atoms with E-state index in [4.69, 9.17) is 4.74 Å². The average molecular weight is 458 g/mol. The molecule has 0 aliphatic carbocycles. The number of hydrogen-bond acceptors (Lipinski definition) is 4. The summed E-state index contributed by atoms with van der Waals surface area (Å²) in [5, 5.41) is 12.9. The summed E-state index contributed by atoms with van der Waals surface area (Å²) < 4.78 is 5.15. The van der Waals surface area contributed by atoms with Crippen molar-refractivity contribution in [3.05, 3.63) is 84.4 Å². The van der Waals surface area contributed by atoms with Crippen LogP contribution >= 0.6 is 0 Å². The van der Waals surface area contributed by atoms with Gasteiger partial charge in [0, 0.05) is 18.2 Å². The van der Waals surface area contributed by atoms with E-state index in [1.54, 1.807) is 41.2 Å². The van der Waals surface area contributed by atoms with Gasteiger partial charge in [0.05, 0.1) is 25.8 Å². The Hall–Kier alpha value is -3.84. The van der Waals surface area contributed by atoms with Crippen LogP contribution < -0.4 is 10.1 Å². The van der Waals surface area contributed by atoms with Gasteiger partial charge in [-0.05, 0) is 41.0 Å². The van der Waals surface area contributed by atoms with Gasteiger partial charge in [0.25, 0.3) is 0 Å². The van der Waals surface area contributed by atoms with E-state index in [9.17, 15) is 14.7 Å². The summed E-state index contributed by atoms with van der Waals surface area (Å²) in [5.74, 6) is 0.528. The van der Waals surface area contributed by atoms with Crippen LogP contribution in [-0.2, 0) is 4.79 Å². The molecular formula is C27H27N3O4. The van der Waals surface area contributed by atoms with Gasteiger partial charge < -0.3 is 25.0 Å². The number of methoxy groups -OCH3 is 1. The lowest BCUT2D eigenvalue weighted by atomic mass is 9.73. The molecule has 2 aliphatic heterocycles. The number of nitrogens with one attached hydrogen (secondary N) is 1. The molecule has 34 heavy (non-hydrogen) atoms. The van der Waals surface area contributed by atoms with Crippen LogP contribution in [0.5, 0.6) is 5.75 Å². The van der Waals surface area contributed by atoms with Gasteiger partial charge in [-0.3, -0.25) is 4.79 Å². The van der Waals surface area contributed by atoms with Crippen LogP contribution in [0, 0.1) is 0 Å². The SMILES string of the molecule is COc1ccc(NC(=O)N2CC(=O)N3[C@H](CO)[C@H](c4ccc(-c5ccccc5)cc4)[C@@H]3C2)cc1. The zero-order valence-electron chi connectivity index (χ0n) is 18.9. The number of fused-ring (bicyclic) bond motifs is 1. The molecule has 3 amide bonds. The number of aliphatic hydroxyl groups excluding tert-OH is 1. The maximum atomic E-state index is 12.9. The van der Waals surface area contributed by atoms with Crippen LogP contribution in [-0.4, -0.2) is 65.7 Å². The fourth-order valence-corrected chi connectivity index (χ4v) is 5.06. The van der Waals surface area contributed by atoms with E-state index in [0.29, 0.717) is 18.0 Å². The summed E-state index contributed by atoms with van der Waals surface area (Å²) in [5.41, 5.74) is 3.94. The van der Waals surface area contributed by atoms with Crippen molar-refractivity contribution >= 4 is 17.6 Å². The van der Waals surface area contributed by atoms with Crippen LogP contribution in [0.25, 0.3) is 11.1 Å². The molecule has 0 bridgehead atoms. The number of benzene rings is 3. The van der Waals surface area contributed by atoms with Gasteiger partial charge in [-0.25, -0.2) is 4.79 Å². The first-order valence-electron chi connectivity index (χ1n) is 11.4. The smallest absolute Gasteiger partial charge is 0.322 e. The minimum Gasteiger partial charge on any atom is -0.497 e. The second kappa shape index (κ2) is 9.19. The van der Waals surface area contributed by atoms with Crippen molar-refractivity contribution in [1.29, 1.82) is 0 Å². The standard InChI is InChI=1S/C27H27N3O4/c1-34-22-13-11-21(12-14-22)28-27(33)29-15-23-26(24(17-31)30(23)25(32)16-29)20-9-7-19(8-10-20)18-5-3-2-4-6-18/h2-14,23-24,26,31H,15-17H2,1H3,(H,28,33)/t23-,24+,26+/m0/s1. The molecular weight excluding hydrogens is 430 g/mol. The molecule has 2 aliphatic rings. The normalized spacial score (nSPS) is 21.5. The quantitative estimate of drug-likeness (QED) is 0.614. The fraction of sp³-hybridized carbons (Fsp3) is 0.259. The maximum Gasteiger partial charge on any atom is 0.322 e. The summed E-state index contributed by atoms with van der Waals surface area (Å²) >= 11 is 0. The summed E-state index contributed by atoms with van der Waals surface area (Å²) in [4.78, 5) is 29.1. The van der Waals surface area contributed by atoms with Crippen molar-refractivity contribution < 1.29 is 19.4 Å². The van der Waals surface area contributed by atoms with Crippen LogP contribution in [0.2, 0.25) is 0 Å². The Labute approximate surface area is 198 Å². The summed E-state index contributed by atoms with van der Waals surface area (Å²) in [6.07, 6.45) is 0. The predicted molar refractivity (Wildman–Crippen MR) is 130 cm³/mol. The van der Waals surface area contributed by atoms with E-state index < -0.39 is 0 Å². The lowest BCUT2D eigenvalue weighted by molar-refractivity contribution is -0.159. The second-order valence-corrected chi connectivity index (χ2v) is 8.67. The minimum atomic E-state index is -0.316.